The molecule has 1 aliphatic heterocycles. The molecule has 1 aromatic rings. The molecule has 2 N–H and O–H groups in total. The third kappa shape index (κ3) is 3.31. The zero-order valence-corrected chi connectivity index (χ0v) is 12.5. The second-order valence-electron chi connectivity index (χ2n) is 5.67. The van der Waals surface area contributed by atoms with Gasteiger partial charge >= 0.3 is 0 Å². The molecule has 1 amide bonds. The van der Waals surface area contributed by atoms with Crippen molar-refractivity contribution in [3.05, 3.63) is 29.8 Å². The minimum Gasteiger partial charge on any atom is -0.371 e. The summed E-state index contributed by atoms with van der Waals surface area (Å²) in [5.74, 6) is 0.747. The van der Waals surface area contributed by atoms with Gasteiger partial charge in [0.2, 0.25) is 5.91 Å². The Morgan fingerprint density at radius 1 is 1.40 bits per heavy atom. The Kier molecular flexibility index (Phi) is 5.01. The standard InChI is InChI=1S/C16H25N3O/c1-18(2)16(20)8-5-11-19-12-13(9-10-17)14-6-3-4-7-15(14)19/h3-4,6-7,13H,5,8-12,17H2,1-2H3. The molecule has 1 aliphatic rings. The van der Waals surface area contributed by atoms with Crippen LogP contribution in [0.15, 0.2) is 24.3 Å². The fourth-order valence-electron chi connectivity index (χ4n) is 2.89. The zero-order valence-electron chi connectivity index (χ0n) is 12.5. The first kappa shape index (κ1) is 14.9. The van der Waals surface area contributed by atoms with Gasteiger partial charge in [-0.05, 0) is 31.0 Å². The van der Waals surface area contributed by atoms with Gasteiger partial charge in [-0.3, -0.25) is 4.79 Å². The normalized spacial score (nSPS) is 17.1. The van der Waals surface area contributed by atoms with E-state index >= 15 is 0 Å². The van der Waals surface area contributed by atoms with Crippen LogP contribution < -0.4 is 10.6 Å². The van der Waals surface area contributed by atoms with E-state index in [0.717, 1.165) is 32.5 Å². The van der Waals surface area contributed by atoms with Crippen LogP contribution in [0.2, 0.25) is 0 Å². The van der Waals surface area contributed by atoms with E-state index in [9.17, 15) is 4.79 Å². The fourth-order valence-corrected chi connectivity index (χ4v) is 2.89. The Balaban J connectivity index is 1.95. The summed E-state index contributed by atoms with van der Waals surface area (Å²) in [4.78, 5) is 15.7. The lowest BCUT2D eigenvalue weighted by Gasteiger charge is -2.20. The molecule has 4 heteroatoms. The number of hydrogen-bond donors (Lipinski definition) is 1. The predicted molar refractivity (Wildman–Crippen MR) is 83.0 cm³/mol. The highest BCUT2D eigenvalue weighted by Crippen LogP contribution is 2.37. The Labute approximate surface area is 121 Å². The van der Waals surface area contributed by atoms with Crippen molar-refractivity contribution in [1.29, 1.82) is 0 Å². The average molecular weight is 275 g/mol. The SMILES string of the molecule is CN(C)C(=O)CCCN1CC(CCN)c2ccccc21. The number of para-hydroxylation sites is 1. The lowest BCUT2D eigenvalue weighted by Crippen LogP contribution is -2.26. The Bertz CT molecular complexity index is 459. The van der Waals surface area contributed by atoms with E-state index < -0.39 is 0 Å². The fraction of sp³-hybridized carbons (Fsp3) is 0.562. The van der Waals surface area contributed by atoms with Gasteiger partial charge in [0.1, 0.15) is 0 Å². The molecule has 0 saturated carbocycles. The van der Waals surface area contributed by atoms with Gasteiger partial charge < -0.3 is 15.5 Å². The molecule has 0 bridgehead atoms. The highest BCUT2D eigenvalue weighted by atomic mass is 16.2. The summed E-state index contributed by atoms with van der Waals surface area (Å²) in [7, 11) is 3.62. The summed E-state index contributed by atoms with van der Waals surface area (Å²) in [5, 5.41) is 0. The molecule has 20 heavy (non-hydrogen) atoms. The molecule has 2 rings (SSSR count). The quantitative estimate of drug-likeness (QED) is 0.861. The van der Waals surface area contributed by atoms with E-state index in [1.807, 2.05) is 14.1 Å². The van der Waals surface area contributed by atoms with E-state index in [-0.39, 0.29) is 5.91 Å². The second-order valence-corrected chi connectivity index (χ2v) is 5.67. The Morgan fingerprint density at radius 2 is 2.15 bits per heavy atom. The maximum atomic E-state index is 11.6. The molecule has 0 fully saturated rings. The Hall–Kier alpha value is -1.55. The molecule has 110 valence electrons. The number of nitrogens with two attached hydrogens (primary N) is 1. The van der Waals surface area contributed by atoms with Crippen molar-refractivity contribution in [1.82, 2.24) is 4.90 Å². The second kappa shape index (κ2) is 6.75. The third-order valence-corrected chi connectivity index (χ3v) is 3.99. The molecule has 0 aromatic heterocycles. The number of benzene rings is 1. The summed E-state index contributed by atoms with van der Waals surface area (Å²) in [6.45, 7) is 2.70. The van der Waals surface area contributed by atoms with E-state index in [2.05, 4.69) is 29.2 Å². The van der Waals surface area contributed by atoms with Crippen LogP contribution in [0.3, 0.4) is 0 Å². The number of carbonyl (C=O) groups excluding carboxylic acids is 1. The van der Waals surface area contributed by atoms with Crippen LogP contribution in [0.4, 0.5) is 5.69 Å². The lowest BCUT2D eigenvalue weighted by molar-refractivity contribution is -0.128. The molecule has 0 saturated heterocycles. The summed E-state index contributed by atoms with van der Waals surface area (Å²) >= 11 is 0. The van der Waals surface area contributed by atoms with Gasteiger partial charge in [0.15, 0.2) is 0 Å². The molecule has 4 nitrogen and oxygen atoms in total. The molecular weight excluding hydrogens is 250 g/mol. The minimum absolute atomic E-state index is 0.205. The van der Waals surface area contributed by atoms with Gasteiger partial charge in [0.25, 0.3) is 0 Å². The Morgan fingerprint density at radius 3 is 2.85 bits per heavy atom. The van der Waals surface area contributed by atoms with Gasteiger partial charge in [-0.25, -0.2) is 0 Å². The van der Waals surface area contributed by atoms with E-state index in [1.165, 1.54) is 11.3 Å². The van der Waals surface area contributed by atoms with Crippen molar-refractivity contribution in [3.8, 4) is 0 Å². The van der Waals surface area contributed by atoms with E-state index in [4.69, 9.17) is 5.73 Å². The maximum absolute atomic E-state index is 11.6. The van der Waals surface area contributed by atoms with Crippen molar-refractivity contribution >= 4 is 11.6 Å². The number of hydrogen-bond acceptors (Lipinski definition) is 3. The van der Waals surface area contributed by atoms with Gasteiger partial charge in [-0.15, -0.1) is 0 Å². The number of anilines is 1. The summed E-state index contributed by atoms with van der Waals surface area (Å²) in [6, 6.07) is 8.57. The van der Waals surface area contributed by atoms with Crippen molar-refractivity contribution in [2.24, 2.45) is 5.73 Å². The number of amides is 1. The summed E-state index contributed by atoms with van der Waals surface area (Å²) in [5.41, 5.74) is 8.45. The van der Waals surface area contributed by atoms with E-state index in [0.29, 0.717) is 12.3 Å². The van der Waals surface area contributed by atoms with Crippen LogP contribution in [-0.4, -0.2) is 44.5 Å². The van der Waals surface area contributed by atoms with Gasteiger partial charge in [0.05, 0.1) is 0 Å². The van der Waals surface area contributed by atoms with Crippen LogP contribution in [0.1, 0.15) is 30.7 Å². The largest absolute Gasteiger partial charge is 0.371 e. The van der Waals surface area contributed by atoms with Gasteiger partial charge in [0, 0.05) is 45.2 Å². The van der Waals surface area contributed by atoms with Crippen LogP contribution in [0.5, 0.6) is 0 Å². The molecule has 1 unspecified atom stereocenters. The molecule has 0 radical (unpaired) electrons. The predicted octanol–water partition coefficient (Wildman–Crippen LogP) is 1.81. The minimum atomic E-state index is 0.205. The van der Waals surface area contributed by atoms with Crippen LogP contribution >= 0.6 is 0 Å². The average Bonchev–Trinajstić information content (AvgIpc) is 2.78. The zero-order chi connectivity index (χ0) is 14.5. The van der Waals surface area contributed by atoms with Crippen LogP contribution in [-0.2, 0) is 4.79 Å². The van der Waals surface area contributed by atoms with Gasteiger partial charge in [-0.1, -0.05) is 18.2 Å². The first-order valence-corrected chi connectivity index (χ1v) is 7.37. The van der Waals surface area contributed by atoms with Crippen molar-refractivity contribution in [2.75, 3.05) is 38.6 Å². The number of fused-ring (bicyclic) bond motifs is 1. The molecule has 1 atom stereocenters. The number of rotatable bonds is 6. The molecule has 1 heterocycles. The van der Waals surface area contributed by atoms with Crippen molar-refractivity contribution in [2.45, 2.75) is 25.2 Å². The monoisotopic (exact) mass is 275 g/mol. The third-order valence-electron chi connectivity index (χ3n) is 3.99. The number of nitrogens with zero attached hydrogens (tertiary/aromatic N) is 2. The van der Waals surface area contributed by atoms with Gasteiger partial charge in [-0.2, -0.15) is 0 Å². The number of carbonyl (C=O) groups is 1. The highest BCUT2D eigenvalue weighted by Gasteiger charge is 2.27. The van der Waals surface area contributed by atoms with Crippen LogP contribution in [0.25, 0.3) is 0 Å². The smallest absolute Gasteiger partial charge is 0.222 e. The first-order valence-electron chi connectivity index (χ1n) is 7.37. The molecule has 0 aliphatic carbocycles. The molecule has 1 aromatic carbocycles. The summed E-state index contributed by atoms with van der Waals surface area (Å²) in [6.07, 6.45) is 2.55. The molecule has 0 spiro atoms. The topological polar surface area (TPSA) is 49.6 Å². The van der Waals surface area contributed by atoms with Crippen molar-refractivity contribution in [3.63, 3.8) is 0 Å². The first-order chi connectivity index (χ1) is 9.63. The molecular formula is C16H25N3O. The summed E-state index contributed by atoms with van der Waals surface area (Å²) < 4.78 is 0. The highest BCUT2D eigenvalue weighted by molar-refractivity contribution is 5.75. The lowest BCUT2D eigenvalue weighted by atomic mass is 9.98. The van der Waals surface area contributed by atoms with Crippen LogP contribution in [0, 0.1) is 0 Å². The maximum Gasteiger partial charge on any atom is 0.222 e. The van der Waals surface area contributed by atoms with E-state index in [1.54, 1.807) is 4.90 Å². The van der Waals surface area contributed by atoms with Crippen molar-refractivity contribution < 1.29 is 4.79 Å².